The molecular weight excluding hydrogens is 150 g/mol. The van der Waals surface area contributed by atoms with E-state index in [0.29, 0.717) is 6.10 Å². The SMILES string of the molecule is C=C1CCN2C[C@H](OC)C[C@@]12C. The van der Waals surface area contributed by atoms with E-state index in [1.807, 2.05) is 0 Å². The third-order valence-corrected chi connectivity index (χ3v) is 3.53. The molecule has 68 valence electrons. The smallest absolute Gasteiger partial charge is 0.0719 e. The van der Waals surface area contributed by atoms with Crippen molar-refractivity contribution in [3.05, 3.63) is 12.2 Å². The zero-order valence-corrected chi connectivity index (χ0v) is 7.97. The van der Waals surface area contributed by atoms with Gasteiger partial charge in [0.05, 0.1) is 6.10 Å². The fourth-order valence-corrected chi connectivity index (χ4v) is 2.49. The molecule has 0 aromatic rings. The summed E-state index contributed by atoms with van der Waals surface area (Å²) in [5.41, 5.74) is 1.64. The van der Waals surface area contributed by atoms with Crippen molar-refractivity contribution in [3.63, 3.8) is 0 Å². The molecule has 0 spiro atoms. The van der Waals surface area contributed by atoms with Gasteiger partial charge in [0, 0.05) is 25.7 Å². The Morgan fingerprint density at radius 1 is 1.67 bits per heavy atom. The summed E-state index contributed by atoms with van der Waals surface area (Å²) < 4.78 is 5.38. The van der Waals surface area contributed by atoms with Crippen molar-refractivity contribution < 1.29 is 4.74 Å². The summed E-state index contributed by atoms with van der Waals surface area (Å²) in [6, 6.07) is 0. The van der Waals surface area contributed by atoms with Gasteiger partial charge in [-0.2, -0.15) is 0 Å². The number of rotatable bonds is 1. The number of hydrogen-bond acceptors (Lipinski definition) is 2. The molecule has 2 heteroatoms. The van der Waals surface area contributed by atoms with Crippen LogP contribution in [0.1, 0.15) is 19.8 Å². The van der Waals surface area contributed by atoms with E-state index in [0.717, 1.165) is 13.0 Å². The molecule has 0 N–H and O–H groups in total. The lowest BCUT2D eigenvalue weighted by atomic mass is 9.91. The van der Waals surface area contributed by atoms with Crippen molar-refractivity contribution in [1.29, 1.82) is 0 Å². The van der Waals surface area contributed by atoms with Gasteiger partial charge >= 0.3 is 0 Å². The average molecular weight is 167 g/mol. The van der Waals surface area contributed by atoms with E-state index < -0.39 is 0 Å². The normalized spacial score (nSPS) is 42.2. The van der Waals surface area contributed by atoms with Crippen LogP contribution in [0.15, 0.2) is 12.2 Å². The number of hydrogen-bond donors (Lipinski definition) is 0. The third kappa shape index (κ3) is 0.947. The Hall–Kier alpha value is -0.340. The molecule has 2 aliphatic rings. The Balaban J connectivity index is 2.18. The second-order valence-corrected chi connectivity index (χ2v) is 4.14. The first kappa shape index (κ1) is 8.27. The first-order valence-electron chi connectivity index (χ1n) is 4.63. The maximum Gasteiger partial charge on any atom is 0.0719 e. The standard InChI is InChI=1S/C10H17NO/c1-8-4-5-11-7-9(12-3)6-10(8,11)2/h9H,1,4-7H2,2-3H3/t9-,10+/m1/s1. The van der Waals surface area contributed by atoms with Crippen molar-refractivity contribution in [2.24, 2.45) is 0 Å². The first-order chi connectivity index (χ1) is 5.66. The summed E-state index contributed by atoms with van der Waals surface area (Å²) in [7, 11) is 1.80. The van der Waals surface area contributed by atoms with Gasteiger partial charge in [-0.05, 0) is 19.8 Å². The lowest BCUT2D eigenvalue weighted by Crippen LogP contribution is -2.35. The zero-order valence-electron chi connectivity index (χ0n) is 7.97. The van der Waals surface area contributed by atoms with Crippen molar-refractivity contribution in [2.75, 3.05) is 20.2 Å². The van der Waals surface area contributed by atoms with Crippen molar-refractivity contribution in [1.82, 2.24) is 4.90 Å². The topological polar surface area (TPSA) is 12.5 Å². The molecule has 0 amide bonds. The van der Waals surface area contributed by atoms with E-state index >= 15 is 0 Å². The molecule has 0 unspecified atom stereocenters. The molecule has 2 rings (SSSR count). The number of fused-ring (bicyclic) bond motifs is 1. The summed E-state index contributed by atoms with van der Waals surface area (Å²) in [6.45, 7) is 8.70. The molecule has 2 fully saturated rings. The lowest BCUT2D eigenvalue weighted by Gasteiger charge is -2.27. The Bertz CT molecular complexity index is 214. The number of nitrogens with zero attached hydrogens (tertiary/aromatic N) is 1. The van der Waals surface area contributed by atoms with Crippen LogP contribution in [0.3, 0.4) is 0 Å². The maximum absolute atomic E-state index is 5.38. The molecule has 0 aliphatic carbocycles. The van der Waals surface area contributed by atoms with Crippen LogP contribution >= 0.6 is 0 Å². The minimum absolute atomic E-state index is 0.251. The van der Waals surface area contributed by atoms with E-state index in [2.05, 4.69) is 18.4 Å². The van der Waals surface area contributed by atoms with Crippen LogP contribution in [0.5, 0.6) is 0 Å². The second kappa shape index (κ2) is 2.57. The van der Waals surface area contributed by atoms with Gasteiger partial charge in [-0.15, -0.1) is 0 Å². The minimum atomic E-state index is 0.251. The Kier molecular flexibility index (Phi) is 1.77. The van der Waals surface area contributed by atoms with Gasteiger partial charge in [0.2, 0.25) is 0 Å². The fourth-order valence-electron chi connectivity index (χ4n) is 2.49. The third-order valence-electron chi connectivity index (χ3n) is 3.53. The van der Waals surface area contributed by atoms with Gasteiger partial charge in [-0.3, -0.25) is 4.90 Å². The van der Waals surface area contributed by atoms with Crippen LogP contribution in [0.25, 0.3) is 0 Å². The molecule has 0 aromatic heterocycles. The molecule has 0 aromatic carbocycles. The summed E-state index contributed by atoms with van der Waals surface area (Å²) >= 11 is 0. The molecule has 0 saturated carbocycles. The molecular formula is C10H17NO. The largest absolute Gasteiger partial charge is 0.380 e. The second-order valence-electron chi connectivity index (χ2n) is 4.14. The Morgan fingerprint density at radius 2 is 2.42 bits per heavy atom. The average Bonchev–Trinajstić information content (AvgIpc) is 2.50. The summed E-state index contributed by atoms with van der Waals surface area (Å²) in [6.07, 6.45) is 2.72. The van der Waals surface area contributed by atoms with Gasteiger partial charge < -0.3 is 4.74 Å². The van der Waals surface area contributed by atoms with E-state index in [-0.39, 0.29) is 5.54 Å². The monoisotopic (exact) mass is 167 g/mol. The van der Waals surface area contributed by atoms with E-state index in [4.69, 9.17) is 4.74 Å². The minimum Gasteiger partial charge on any atom is -0.380 e. The van der Waals surface area contributed by atoms with E-state index in [1.165, 1.54) is 18.5 Å². The zero-order chi connectivity index (χ0) is 8.77. The van der Waals surface area contributed by atoms with Crippen LogP contribution in [0.4, 0.5) is 0 Å². The Morgan fingerprint density at radius 3 is 3.00 bits per heavy atom. The highest BCUT2D eigenvalue weighted by molar-refractivity contribution is 5.24. The van der Waals surface area contributed by atoms with Gasteiger partial charge in [-0.1, -0.05) is 12.2 Å². The summed E-state index contributed by atoms with van der Waals surface area (Å²) in [5.74, 6) is 0. The molecule has 2 atom stereocenters. The summed E-state index contributed by atoms with van der Waals surface area (Å²) in [4.78, 5) is 2.50. The van der Waals surface area contributed by atoms with E-state index in [1.54, 1.807) is 7.11 Å². The quantitative estimate of drug-likeness (QED) is 0.548. The predicted molar refractivity (Wildman–Crippen MR) is 49.1 cm³/mol. The lowest BCUT2D eigenvalue weighted by molar-refractivity contribution is 0.108. The fraction of sp³-hybridized carbons (Fsp3) is 0.800. The number of methoxy groups -OCH3 is 1. The van der Waals surface area contributed by atoms with Crippen molar-refractivity contribution in [2.45, 2.75) is 31.4 Å². The molecule has 2 aliphatic heterocycles. The van der Waals surface area contributed by atoms with Crippen LogP contribution < -0.4 is 0 Å². The van der Waals surface area contributed by atoms with Gasteiger partial charge in [-0.25, -0.2) is 0 Å². The van der Waals surface area contributed by atoms with Crippen LogP contribution in [-0.2, 0) is 4.74 Å². The van der Waals surface area contributed by atoms with E-state index in [9.17, 15) is 0 Å². The summed E-state index contributed by atoms with van der Waals surface area (Å²) in [5, 5.41) is 0. The molecule has 2 nitrogen and oxygen atoms in total. The van der Waals surface area contributed by atoms with Gasteiger partial charge in [0.1, 0.15) is 0 Å². The molecule has 2 saturated heterocycles. The predicted octanol–water partition coefficient (Wildman–Crippen LogP) is 1.43. The highest BCUT2D eigenvalue weighted by atomic mass is 16.5. The molecule has 0 radical (unpaired) electrons. The first-order valence-corrected chi connectivity index (χ1v) is 4.63. The van der Waals surface area contributed by atoms with Crippen LogP contribution in [-0.4, -0.2) is 36.7 Å². The highest BCUT2D eigenvalue weighted by Crippen LogP contribution is 2.42. The van der Waals surface area contributed by atoms with Crippen LogP contribution in [0.2, 0.25) is 0 Å². The van der Waals surface area contributed by atoms with Crippen LogP contribution in [0, 0.1) is 0 Å². The van der Waals surface area contributed by atoms with Gasteiger partial charge in [0.15, 0.2) is 0 Å². The molecule has 12 heavy (non-hydrogen) atoms. The Labute approximate surface area is 74.2 Å². The highest BCUT2D eigenvalue weighted by Gasteiger charge is 2.47. The van der Waals surface area contributed by atoms with Gasteiger partial charge in [0.25, 0.3) is 0 Å². The van der Waals surface area contributed by atoms with Crippen molar-refractivity contribution in [3.8, 4) is 0 Å². The molecule has 2 heterocycles. The molecule has 0 bridgehead atoms. The number of ether oxygens (including phenoxy) is 1. The maximum atomic E-state index is 5.38. The van der Waals surface area contributed by atoms with Crippen molar-refractivity contribution >= 4 is 0 Å².